The molecule has 1 saturated heterocycles. The Morgan fingerprint density at radius 1 is 1.60 bits per heavy atom. The summed E-state index contributed by atoms with van der Waals surface area (Å²) in [6.45, 7) is 9.99. The van der Waals surface area contributed by atoms with Crippen molar-refractivity contribution in [3.63, 3.8) is 0 Å². The summed E-state index contributed by atoms with van der Waals surface area (Å²) in [5.41, 5.74) is 2.58. The summed E-state index contributed by atoms with van der Waals surface area (Å²) in [6.07, 6.45) is 3.90. The van der Waals surface area contributed by atoms with Gasteiger partial charge in [-0.15, -0.1) is 6.58 Å². The Balaban J connectivity index is 2.14. The number of likely N-dealkylation sites (tertiary alicyclic amines) is 1. The van der Waals surface area contributed by atoms with Crippen molar-refractivity contribution in [2.24, 2.45) is 5.41 Å². The third kappa shape index (κ3) is 2.77. The number of aryl methyl sites for hydroxylation is 2. The molecule has 0 amide bonds. The second-order valence-corrected chi connectivity index (χ2v) is 5.81. The van der Waals surface area contributed by atoms with E-state index in [-0.39, 0.29) is 0 Å². The van der Waals surface area contributed by atoms with Crippen LogP contribution in [0.1, 0.15) is 36.2 Å². The number of carboxylic acid groups (broad SMARTS) is 1. The van der Waals surface area contributed by atoms with Gasteiger partial charge >= 0.3 is 5.97 Å². The fourth-order valence-corrected chi connectivity index (χ4v) is 3.10. The van der Waals surface area contributed by atoms with E-state index >= 15 is 0 Å². The van der Waals surface area contributed by atoms with Crippen LogP contribution in [-0.4, -0.2) is 39.3 Å². The number of aromatic amines is 1. The lowest BCUT2D eigenvalue weighted by Gasteiger charge is -2.39. The van der Waals surface area contributed by atoms with E-state index in [9.17, 15) is 9.90 Å². The lowest BCUT2D eigenvalue weighted by Crippen LogP contribution is -2.47. The molecular formula is C15H23N3O2. The summed E-state index contributed by atoms with van der Waals surface area (Å²) < 4.78 is 0. The van der Waals surface area contributed by atoms with E-state index < -0.39 is 11.4 Å². The smallest absolute Gasteiger partial charge is 0.311 e. The first-order chi connectivity index (χ1) is 9.48. The van der Waals surface area contributed by atoms with Gasteiger partial charge in [-0.05, 0) is 39.7 Å². The zero-order valence-corrected chi connectivity index (χ0v) is 12.3. The van der Waals surface area contributed by atoms with Crippen LogP contribution in [0.5, 0.6) is 0 Å². The number of rotatable bonds is 5. The highest BCUT2D eigenvalue weighted by Crippen LogP contribution is 2.35. The van der Waals surface area contributed by atoms with Crippen molar-refractivity contribution in [3.05, 3.63) is 29.6 Å². The monoisotopic (exact) mass is 277 g/mol. The molecule has 1 aliphatic heterocycles. The fraction of sp³-hybridized carbons (Fsp3) is 0.600. The summed E-state index contributed by atoms with van der Waals surface area (Å²) in [5, 5.41) is 16.8. The molecule has 1 atom stereocenters. The quantitative estimate of drug-likeness (QED) is 0.810. The van der Waals surface area contributed by atoms with E-state index in [4.69, 9.17) is 0 Å². The molecule has 1 aromatic rings. The maximum Gasteiger partial charge on any atom is 0.311 e. The first-order valence-corrected chi connectivity index (χ1v) is 7.05. The molecule has 5 nitrogen and oxygen atoms in total. The molecule has 2 rings (SSSR count). The van der Waals surface area contributed by atoms with Gasteiger partial charge in [0.1, 0.15) is 0 Å². The molecule has 0 saturated carbocycles. The van der Waals surface area contributed by atoms with Crippen molar-refractivity contribution in [3.8, 4) is 0 Å². The van der Waals surface area contributed by atoms with Crippen LogP contribution in [0.3, 0.4) is 0 Å². The molecule has 1 fully saturated rings. The van der Waals surface area contributed by atoms with E-state index in [1.165, 1.54) is 5.56 Å². The summed E-state index contributed by atoms with van der Waals surface area (Å²) in [6, 6.07) is 0. The van der Waals surface area contributed by atoms with Crippen LogP contribution in [0.2, 0.25) is 0 Å². The Morgan fingerprint density at radius 3 is 2.90 bits per heavy atom. The number of H-pyrrole nitrogens is 1. The van der Waals surface area contributed by atoms with E-state index in [1.807, 2.05) is 13.8 Å². The Kier molecular flexibility index (Phi) is 4.28. The first kappa shape index (κ1) is 14.8. The van der Waals surface area contributed by atoms with E-state index in [1.54, 1.807) is 6.08 Å². The molecule has 2 N–H and O–H groups in total. The van der Waals surface area contributed by atoms with Crippen LogP contribution in [0, 0.1) is 19.3 Å². The zero-order chi connectivity index (χ0) is 14.8. The van der Waals surface area contributed by atoms with Gasteiger partial charge in [0.15, 0.2) is 0 Å². The average Bonchev–Trinajstić information content (AvgIpc) is 2.71. The molecule has 2 heterocycles. The molecule has 0 unspecified atom stereocenters. The molecular weight excluding hydrogens is 254 g/mol. The van der Waals surface area contributed by atoms with Crippen molar-refractivity contribution in [1.82, 2.24) is 15.1 Å². The first-order valence-electron chi connectivity index (χ1n) is 7.05. The standard InChI is InChI=1S/C15H23N3O2/c1-4-6-15(14(19)20)7-5-8-18(10-15)9-13-11(2)16-17-12(13)3/h4H,1,5-10H2,2-3H3,(H,16,17)(H,19,20)/t15-/m0/s1. The number of piperidine rings is 1. The van der Waals surface area contributed by atoms with E-state index in [0.29, 0.717) is 13.0 Å². The predicted molar refractivity (Wildman–Crippen MR) is 77.5 cm³/mol. The molecule has 0 bridgehead atoms. The maximum atomic E-state index is 11.7. The second kappa shape index (κ2) is 5.79. The molecule has 0 spiro atoms. The Labute approximate surface area is 119 Å². The number of hydrogen-bond donors (Lipinski definition) is 2. The molecule has 20 heavy (non-hydrogen) atoms. The van der Waals surface area contributed by atoms with Crippen molar-refractivity contribution < 1.29 is 9.90 Å². The van der Waals surface area contributed by atoms with Gasteiger partial charge in [-0.2, -0.15) is 5.10 Å². The highest BCUT2D eigenvalue weighted by atomic mass is 16.4. The lowest BCUT2D eigenvalue weighted by atomic mass is 9.77. The van der Waals surface area contributed by atoms with Gasteiger partial charge in [-0.3, -0.25) is 14.8 Å². The Morgan fingerprint density at radius 2 is 2.35 bits per heavy atom. The molecule has 5 heteroatoms. The summed E-state index contributed by atoms with van der Waals surface area (Å²) in [7, 11) is 0. The molecule has 1 aromatic heterocycles. The van der Waals surface area contributed by atoms with Gasteiger partial charge in [0.05, 0.1) is 11.1 Å². The molecule has 0 aliphatic carbocycles. The summed E-state index contributed by atoms with van der Waals surface area (Å²) in [5.74, 6) is -0.706. The average molecular weight is 277 g/mol. The fourth-order valence-electron chi connectivity index (χ4n) is 3.10. The number of allylic oxidation sites excluding steroid dienone is 1. The number of carboxylic acids is 1. The van der Waals surface area contributed by atoms with Crippen molar-refractivity contribution >= 4 is 5.97 Å². The SMILES string of the molecule is C=CC[C@]1(C(=O)O)CCCN(Cc2c(C)n[nH]c2C)C1. The topological polar surface area (TPSA) is 69.2 Å². The lowest BCUT2D eigenvalue weighted by molar-refractivity contribution is -0.152. The van der Waals surface area contributed by atoms with Crippen LogP contribution >= 0.6 is 0 Å². The van der Waals surface area contributed by atoms with Crippen molar-refractivity contribution in [2.75, 3.05) is 13.1 Å². The number of aromatic nitrogens is 2. The third-order valence-corrected chi connectivity index (χ3v) is 4.31. The van der Waals surface area contributed by atoms with Crippen LogP contribution in [0.15, 0.2) is 12.7 Å². The van der Waals surface area contributed by atoms with Gasteiger partial charge < -0.3 is 5.11 Å². The minimum absolute atomic E-state index is 0.530. The van der Waals surface area contributed by atoms with Crippen LogP contribution < -0.4 is 0 Å². The minimum Gasteiger partial charge on any atom is -0.481 e. The van der Waals surface area contributed by atoms with Gasteiger partial charge in [-0.1, -0.05) is 6.08 Å². The Bertz CT molecular complexity index is 490. The third-order valence-electron chi connectivity index (χ3n) is 4.31. The summed E-state index contributed by atoms with van der Waals surface area (Å²) >= 11 is 0. The number of hydrogen-bond acceptors (Lipinski definition) is 3. The highest BCUT2D eigenvalue weighted by molar-refractivity contribution is 5.75. The highest BCUT2D eigenvalue weighted by Gasteiger charge is 2.41. The van der Waals surface area contributed by atoms with Crippen molar-refractivity contribution in [2.45, 2.75) is 39.7 Å². The number of aliphatic carboxylic acids is 1. The molecule has 0 radical (unpaired) electrons. The molecule has 0 aromatic carbocycles. The minimum atomic E-state index is -0.706. The van der Waals surface area contributed by atoms with Gasteiger partial charge in [0, 0.05) is 24.3 Å². The zero-order valence-electron chi connectivity index (χ0n) is 12.3. The molecule has 1 aliphatic rings. The number of nitrogens with zero attached hydrogens (tertiary/aromatic N) is 2. The largest absolute Gasteiger partial charge is 0.481 e. The van der Waals surface area contributed by atoms with Crippen LogP contribution in [0.4, 0.5) is 0 Å². The number of nitrogens with one attached hydrogen (secondary N) is 1. The van der Waals surface area contributed by atoms with E-state index in [2.05, 4.69) is 21.7 Å². The van der Waals surface area contributed by atoms with Crippen molar-refractivity contribution in [1.29, 1.82) is 0 Å². The maximum absolute atomic E-state index is 11.7. The predicted octanol–water partition coefficient (Wildman–Crippen LogP) is 2.27. The number of carbonyl (C=O) groups is 1. The van der Waals surface area contributed by atoms with Gasteiger partial charge in [0.25, 0.3) is 0 Å². The van der Waals surface area contributed by atoms with Crippen LogP contribution in [-0.2, 0) is 11.3 Å². The Hall–Kier alpha value is -1.62. The van der Waals surface area contributed by atoms with Gasteiger partial charge in [0.2, 0.25) is 0 Å². The van der Waals surface area contributed by atoms with Crippen LogP contribution in [0.25, 0.3) is 0 Å². The second-order valence-electron chi connectivity index (χ2n) is 5.81. The normalized spacial score (nSPS) is 23.7. The summed E-state index contributed by atoms with van der Waals surface area (Å²) in [4.78, 5) is 13.9. The van der Waals surface area contributed by atoms with E-state index in [0.717, 1.165) is 37.3 Å². The molecule has 110 valence electrons. The van der Waals surface area contributed by atoms with Gasteiger partial charge in [-0.25, -0.2) is 0 Å².